The van der Waals surface area contributed by atoms with Crippen molar-refractivity contribution in [2.75, 3.05) is 12.4 Å². The van der Waals surface area contributed by atoms with Crippen LogP contribution in [0.15, 0.2) is 42.5 Å². The lowest BCUT2D eigenvalue weighted by molar-refractivity contribution is -0.153. The van der Waals surface area contributed by atoms with Gasteiger partial charge in [-0.1, -0.05) is 41.4 Å². The maximum Gasteiger partial charge on any atom is 0.343 e. The molecule has 1 N–H and O–H groups in total. The highest BCUT2D eigenvalue weighted by Crippen LogP contribution is 2.34. The fourth-order valence-electron chi connectivity index (χ4n) is 3.22. The molecule has 0 fully saturated rings. The van der Waals surface area contributed by atoms with Gasteiger partial charge in [0, 0.05) is 5.69 Å². The van der Waals surface area contributed by atoms with Crippen LogP contribution in [-0.4, -0.2) is 34.6 Å². The molecule has 0 saturated carbocycles. The lowest BCUT2D eigenvalue weighted by Crippen LogP contribution is -2.24. The van der Waals surface area contributed by atoms with E-state index in [4.69, 9.17) is 32.7 Å². The van der Waals surface area contributed by atoms with Gasteiger partial charge >= 0.3 is 11.9 Å². The van der Waals surface area contributed by atoms with E-state index in [1.54, 1.807) is 49.4 Å². The Bertz CT molecular complexity index is 1200. The topological polar surface area (TPSA) is 90.4 Å². The Morgan fingerprint density at radius 1 is 1.00 bits per heavy atom. The Balaban J connectivity index is 1.94. The first-order chi connectivity index (χ1) is 16.0. The van der Waals surface area contributed by atoms with Crippen LogP contribution in [0.3, 0.4) is 0 Å². The average Bonchev–Trinajstić information content (AvgIpc) is 2.73. The number of rotatable bonds is 6. The maximum absolute atomic E-state index is 12.5. The molecule has 7 nitrogen and oxygen atoms in total. The van der Waals surface area contributed by atoms with Crippen molar-refractivity contribution in [1.29, 1.82) is 0 Å². The van der Waals surface area contributed by atoms with Gasteiger partial charge in [0.25, 0.3) is 0 Å². The highest BCUT2D eigenvalue weighted by molar-refractivity contribution is 6.39. The van der Waals surface area contributed by atoms with Gasteiger partial charge in [-0.15, -0.1) is 0 Å². The second-order valence-electron chi connectivity index (χ2n) is 8.53. The molecule has 34 heavy (non-hydrogen) atoms. The lowest BCUT2D eigenvalue weighted by atomic mass is 10.1. The number of anilines is 2. The molecule has 0 unspecified atom stereocenters. The molecule has 0 atom stereocenters. The second-order valence-corrected chi connectivity index (χ2v) is 9.34. The largest absolute Gasteiger partial charge is 0.465 e. The van der Waals surface area contributed by atoms with Crippen molar-refractivity contribution in [1.82, 2.24) is 9.97 Å². The fraction of sp³-hybridized carbons (Fsp3) is 0.280. The minimum absolute atomic E-state index is 0.146. The summed E-state index contributed by atoms with van der Waals surface area (Å²) in [7, 11) is 1.29. The number of nitrogens with zero attached hydrogens (tertiary/aromatic N) is 2. The van der Waals surface area contributed by atoms with Crippen LogP contribution in [0.1, 0.15) is 42.4 Å². The molecule has 0 aliphatic carbocycles. The third-order valence-electron chi connectivity index (χ3n) is 4.65. The summed E-state index contributed by atoms with van der Waals surface area (Å²) in [6, 6.07) is 12.2. The molecule has 1 heterocycles. The summed E-state index contributed by atoms with van der Waals surface area (Å²) in [6.07, 6.45) is 0.146. The number of carbonyl (C=O) groups excluding carboxylic acids is 2. The zero-order valence-corrected chi connectivity index (χ0v) is 21.0. The Morgan fingerprint density at radius 3 is 2.18 bits per heavy atom. The van der Waals surface area contributed by atoms with Crippen molar-refractivity contribution >= 4 is 46.6 Å². The molecule has 0 saturated heterocycles. The zero-order valence-electron chi connectivity index (χ0n) is 19.5. The molecule has 9 heteroatoms. The summed E-state index contributed by atoms with van der Waals surface area (Å²) in [6.45, 7) is 7.15. The molecule has 0 amide bonds. The molecule has 3 rings (SSSR count). The molecule has 0 radical (unpaired) electrons. The normalized spacial score (nSPS) is 11.1. The van der Waals surface area contributed by atoms with Crippen LogP contribution in [0.25, 0.3) is 11.4 Å². The molecule has 178 valence electrons. The number of hydrogen-bond donors (Lipinski definition) is 1. The molecule has 0 bridgehead atoms. The third kappa shape index (κ3) is 6.24. The van der Waals surface area contributed by atoms with Gasteiger partial charge in [-0.2, -0.15) is 0 Å². The summed E-state index contributed by atoms with van der Waals surface area (Å²) in [5, 5.41) is 3.91. The highest BCUT2D eigenvalue weighted by atomic mass is 35.5. The molecule has 0 aliphatic heterocycles. The Kier molecular flexibility index (Phi) is 7.79. The van der Waals surface area contributed by atoms with E-state index in [9.17, 15) is 9.59 Å². The molecule has 0 aliphatic rings. The van der Waals surface area contributed by atoms with E-state index in [-0.39, 0.29) is 29.6 Å². The van der Waals surface area contributed by atoms with Gasteiger partial charge < -0.3 is 14.8 Å². The summed E-state index contributed by atoms with van der Waals surface area (Å²) < 4.78 is 10.3. The number of methoxy groups -OCH3 is 1. The number of esters is 2. The van der Waals surface area contributed by atoms with Gasteiger partial charge in [-0.3, -0.25) is 4.79 Å². The molecular formula is C25H25Cl2N3O4. The first-order valence-corrected chi connectivity index (χ1v) is 11.2. The second kappa shape index (κ2) is 10.4. The SMILES string of the molecule is COC(=O)c1c(C)nc(-c2c(Cl)cccc2Cl)nc1Nc1ccc(CC(=O)OC(C)(C)C)cc1. The number of ether oxygens (including phenoxy) is 2. The van der Waals surface area contributed by atoms with E-state index in [1.807, 2.05) is 20.8 Å². The predicted molar refractivity (Wildman–Crippen MR) is 133 cm³/mol. The molecule has 1 aromatic heterocycles. The lowest BCUT2D eigenvalue weighted by Gasteiger charge is -2.19. The van der Waals surface area contributed by atoms with E-state index in [0.29, 0.717) is 27.0 Å². The maximum atomic E-state index is 12.5. The van der Waals surface area contributed by atoms with Crippen molar-refractivity contribution in [2.24, 2.45) is 0 Å². The van der Waals surface area contributed by atoms with E-state index >= 15 is 0 Å². The van der Waals surface area contributed by atoms with Crippen LogP contribution in [-0.2, 0) is 20.7 Å². The van der Waals surface area contributed by atoms with Crippen LogP contribution in [0, 0.1) is 6.92 Å². The van der Waals surface area contributed by atoms with Crippen LogP contribution >= 0.6 is 23.2 Å². The van der Waals surface area contributed by atoms with Crippen molar-refractivity contribution < 1.29 is 19.1 Å². The smallest absolute Gasteiger partial charge is 0.343 e. The minimum Gasteiger partial charge on any atom is -0.465 e. The van der Waals surface area contributed by atoms with Crippen LogP contribution < -0.4 is 5.32 Å². The summed E-state index contributed by atoms with van der Waals surface area (Å²) in [5.41, 5.74) is 1.93. The van der Waals surface area contributed by atoms with Gasteiger partial charge in [-0.25, -0.2) is 14.8 Å². The highest BCUT2D eigenvalue weighted by Gasteiger charge is 2.22. The molecule has 0 spiro atoms. The standard InChI is InChI=1S/C25H25Cl2N3O4/c1-14-20(24(32)33-5)22(30-23(28-14)21-17(26)7-6-8-18(21)27)29-16-11-9-15(10-12-16)13-19(31)34-25(2,3)4/h6-12H,13H2,1-5H3,(H,28,29,30). The van der Waals surface area contributed by atoms with Crippen molar-refractivity contribution in [3.63, 3.8) is 0 Å². The first-order valence-electron chi connectivity index (χ1n) is 10.5. The van der Waals surface area contributed by atoms with E-state index in [2.05, 4.69) is 15.3 Å². The zero-order chi connectivity index (χ0) is 25.0. The van der Waals surface area contributed by atoms with Gasteiger partial charge in [-0.05, 0) is 57.5 Å². The van der Waals surface area contributed by atoms with Gasteiger partial charge in [0.2, 0.25) is 0 Å². The number of halogens is 2. The quantitative estimate of drug-likeness (QED) is 0.403. The number of hydrogen-bond acceptors (Lipinski definition) is 7. The van der Waals surface area contributed by atoms with Crippen molar-refractivity contribution in [3.8, 4) is 11.4 Å². The Morgan fingerprint density at radius 2 is 1.62 bits per heavy atom. The number of benzene rings is 2. The summed E-state index contributed by atoms with van der Waals surface area (Å²) >= 11 is 12.7. The van der Waals surface area contributed by atoms with Crippen LogP contribution in [0.5, 0.6) is 0 Å². The predicted octanol–water partition coefficient (Wildman–Crippen LogP) is 6.17. The molecular weight excluding hydrogens is 477 g/mol. The average molecular weight is 502 g/mol. The van der Waals surface area contributed by atoms with E-state index < -0.39 is 11.6 Å². The van der Waals surface area contributed by atoms with Gasteiger partial charge in [0.05, 0.1) is 34.8 Å². The van der Waals surface area contributed by atoms with Crippen molar-refractivity contribution in [2.45, 2.75) is 39.7 Å². The number of aryl methyl sites for hydroxylation is 1. The van der Waals surface area contributed by atoms with Crippen LogP contribution in [0.2, 0.25) is 10.0 Å². The molecule has 2 aromatic carbocycles. The van der Waals surface area contributed by atoms with Crippen LogP contribution in [0.4, 0.5) is 11.5 Å². The number of aromatic nitrogens is 2. The third-order valence-corrected chi connectivity index (χ3v) is 5.28. The fourth-order valence-corrected chi connectivity index (χ4v) is 3.79. The van der Waals surface area contributed by atoms with E-state index in [1.165, 1.54) is 7.11 Å². The minimum atomic E-state index is -0.585. The summed E-state index contributed by atoms with van der Waals surface area (Å²) in [5.74, 6) is -0.387. The van der Waals surface area contributed by atoms with Gasteiger partial charge in [0.15, 0.2) is 5.82 Å². The Hall–Kier alpha value is -3.16. The van der Waals surface area contributed by atoms with Gasteiger partial charge in [0.1, 0.15) is 17.0 Å². The Labute approximate surface area is 208 Å². The molecule has 3 aromatic rings. The number of carbonyl (C=O) groups is 2. The number of nitrogens with one attached hydrogen (secondary N) is 1. The monoisotopic (exact) mass is 501 g/mol. The van der Waals surface area contributed by atoms with Crippen molar-refractivity contribution in [3.05, 3.63) is 69.3 Å². The summed E-state index contributed by atoms with van der Waals surface area (Å²) in [4.78, 5) is 33.5. The van der Waals surface area contributed by atoms with E-state index in [0.717, 1.165) is 5.56 Å². The first kappa shape index (κ1) is 25.5.